The molecule has 2 aromatic carbocycles. The molecule has 0 saturated heterocycles. The summed E-state index contributed by atoms with van der Waals surface area (Å²) in [5.41, 5.74) is 3.54. The van der Waals surface area contributed by atoms with Crippen LogP contribution in [0.15, 0.2) is 77.4 Å². The zero-order chi connectivity index (χ0) is 20.1. The summed E-state index contributed by atoms with van der Waals surface area (Å²) in [7, 11) is 0. The third kappa shape index (κ3) is 4.40. The van der Waals surface area contributed by atoms with Crippen molar-refractivity contribution in [1.82, 2.24) is 10.2 Å². The largest absolute Gasteiger partial charge is 0.467 e. The van der Waals surface area contributed by atoms with Crippen molar-refractivity contribution in [2.24, 2.45) is 0 Å². The fourth-order valence-corrected chi connectivity index (χ4v) is 3.88. The molecule has 0 fully saturated rings. The Morgan fingerprint density at radius 2 is 1.76 bits per heavy atom. The maximum absolute atomic E-state index is 13.1. The van der Waals surface area contributed by atoms with Crippen molar-refractivity contribution in [3.63, 3.8) is 0 Å². The van der Waals surface area contributed by atoms with Crippen molar-refractivity contribution >= 4 is 11.8 Å². The van der Waals surface area contributed by atoms with Crippen LogP contribution in [0.2, 0.25) is 0 Å². The average Bonchev–Trinajstić information content (AvgIpc) is 3.29. The van der Waals surface area contributed by atoms with Gasteiger partial charge in [-0.25, -0.2) is 0 Å². The molecule has 2 heterocycles. The Balaban J connectivity index is 1.44. The van der Waals surface area contributed by atoms with Crippen molar-refractivity contribution < 1.29 is 14.0 Å². The van der Waals surface area contributed by atoms with Crippen LogP contribution in [0, 0.1) is 0 Å². The Morgan fingerprint density at radius 1 is 0.966 bits per heavy atom. The Morgan fingerprint density at radius 3 is 2.55 bits per heavy atom. The highest BCUT2D eigenvalue weighted by Crippen LogP contribution is 2.35. The van der Waals surface area contributed by atoms with E-state index in [4.69, 9.17) is 4.42 Å². The van der Waals surface area contributed by atoms with E-state index >= 15 is 0 Å². The number of rotatable bonds is 6. The number of amides is 2. The number of benzene rings is 2. The van der Waals surface area contributed by atoms with E-state index in [0.29, 0.717) is 18.8 Å². The molecule has 1 aliphatic heterocycles. The molecule has 1 atom stereocenters. The molecular weight excluding hydrogens is 364 g/mol. The van der Waals surface area contributed by atoms with Crippen LogP contribution in [0.5, 0.6) is 0 Å². The quantitative estimate of drug-likeness (QED) is 0.698. The number of nitrogens with one attached hydrogen (secondary N) is 1. The van der Waals surface area contributed by atoms with Gasteiger partial charge >= 0.3 is 0 Å². The molecule has 0 saturated carbocycles. The first-order chi connectivity index (χ1) is 14.2. The second kappa shape index (κ2) is 8.78. The Hall–Kier alpha value is -3.34. The molecule has 1 aliphatic rings. The average molecular weight is 388 g/mol. The van der Waals surface area contributed by atoms with E-state index in [1.54, 1.807) is 18.4 Å². The van der Waals surface area contributed by atoms with Gasteiger partial charge < -0.3 is 14.6 Å². The van der Waals surface area contributed by atoms with Gasteiger partial charge in [-0.15, -0.1) is 0 Å². The maximum Gasteiger partial charge on any atom is 0.223 e. The summed E-state index contributed by atoms with van der Waals surface area (Å²) in [6.07, 6.45) is 2.76. The minimum Gasteiger partial charge on any atom is -0.467 e. The third-order valence-corrected chi connectivity index (χ3v) is 5.32. The van der Waals surface area contributed by atoms with Gasteiger partial charge in [-0.3, -0.25) is 9.59 Å². The van der Waals surface area contributed by atoms with Crippen molar-refractivity contribution in [1.29, 1.82) is 0 Å². The summed E-state index contributed by atoms with van der Waals surface area (Å²) >= 11 is 0. The second-order valence-corrected chi connectivity index (χ2v) is 7.21. The molecule has 5 nitrogen and oxygen atoms in total. The van der Waals surface area contributed by atoms with E-state index in [1.165, 1.54) is 11.1 Å². The second-order valence-electron chi connectivity index (χ2n) is 7.21. The molecule has 0 bridgehead atoms. The van der Waals surface area contributed by atoms with Gasteiger partial charge in [0.2, 0.25) is 11.8 Å². The molecule has 5 heteroatoms. The molecule has 4 rings (SSSR count). The SMILES string of the molecule is O=C(CCC(=O)N1CCc2ccccc2[C@@H]1c1ccccc1)NCc1ccco1. The first-order valence-electron chi connectivity index (χ1n) is 9.93. The number of hydrogen-bond acceptors (Lipinski definition) is 3. The van der Waals surface area contributed by atoms with Crippen LogP contribution in [-0.4, -0.2) is 23.3 Å². The zero-order valence-corrected chi connectivity index (χ0v) is 16.2. The molecule has 1 aromatic heterocycles. The van der Waals surface area contributed by atoms with Crippen LogP contribution in [-0.2, 0) is 22.6 Å². The van der Waals surface area contributed by atoms with Crippen molar-refractivity contribution in [2.45, 2.75) is 31.8 Å². The summed E-state index contributed by atoms with van der Waals surface area (Å²) in [5.74, 6) is 0.548. The molecule has 2 amide bonds. The van der Waals surface area contributed by atoms with Gasteiger partial charge in [-0.05, 0) is 35.2 Å². The number of hydrogen-bond donors (Lipinski definition) is 1. The number of carbonyl (C=O) groups is 2. The molecule has 1 N–H and O–H groups in total. The predicted molar refractivity (Wildman–Crippen MR) is 110 cm³/mol. The smallest absolute Gasteiger partial charge is 0.223 e. The van der Waals surface area contributed by atoms with Gasteiger partial charge in [0.05, 0.1) is 18.8 Å². The lowest BCUT2D eigenvalue weighted by Crippen LogP contribution is -2.41. The van der Waals surface area contributed by atoms with Crippen LogP contribution < -0.4 is 5.32 Å². The Labute approximate surface area is 170 Å². The number of fused-ring (bicyclic) bond motifs is 1. The van der Waals surface area contributed by atoms with Crippen LogP contribution >= 0.6 is 0 Å². The standard InChI is InChI=1S/C24H24N2O3/c27-22(25-17-20-10-6-16-29-20)12-13-23(28)26-15-14-18-7-4-5-11-21(18)24(26)19-8-2-1-3-9-19/h1-11,16,24H,12-15,17H2,(H,25,27)/t24-/m0/s1. The molecule has 0 aliphatic carbocycles. The van der Waals surface area contributed by atoms with E-state index in [2.05, 4.69) is 29.6 Å². The number of nitrogens with zero attached hydrogens (tertiary/aromatic N) is 1. The first-order valence-corrected chi connectivity index (χ1v) is 9.93. The highest BCUT2D eigenvalue weighted by molar-refractivity contribution is 5.84. The van der Waals surface area contributed by atoms with Crippen LogP contribution in [0.1, 0.15) is 41.3 Å². The van der Waals surface area contributed by atoms with Crippen molar-refractivity contribution in [2.75, 3.05) is 6.54 Å². The van der Waals surface area contributed by atoms with E-state index in [1.807, 2.05) is 35.2 Å². The Bertz CT molecular complexity index is 967. The monoisotopic (exact) mass is 388 g/mol. The molecule has 0 unspecified atom stereocenters. The minimum absolute atomic E-state index is 0.00139. The first kappa shape index (κ1) is 19.0. The lowest BCUT2D eigenvalue weighted by Gasteiger charge is -2.38. The summed E-state index contributed by atoms with van der Waals surface area (Å²) in [6.45, 7) is 0.993. The lowest BCUT2D eigenvalue weighted by atomic mass is 9.88. The predicted octanol–water partition coefficient (Wildman–Crippen LogP) is 3.85. The van der Waals surface area contributed by atoms with E-state index in [-0.39, 0.29) is 30.7 Å². The highest BCUT2D eigenvalue weighted by Gasteiger charge is 2.31. The summed E-state index contributed by atoms with van der Waals surface area (Å²) in [6, 6.07) is 21.9. The number of furan rings is 1. The lowest BCUT2D eigenvalue weighted by molar-refractivity contribution is -0.135. The van der Waals surface area contributed by atoms with Gasteiger partial charge in [0.25, 0.3) is 0 Å². The van der Waals surface area contributed by atoms with Crippen molar-refractivity contribution in [3.8, 4) is 0 Å². The van der Waals surface area contributed by atoms with E-state index in [9.17, 15) is 9.59 Å². The summed E-state index contributed by atoms with van der Waals surface area (Å²) in [4.78, 5) is 27.1. The van der Waals surface area contributed by atoms with Crippen LogP contribution in [0.25, 0.3) is 0 Å². The van der Waals surface area contributed by atoms with Gasteiger partial charge in [-0.2, -0.15) is 0 Å². The molecule has 3 aromatic rings. The fourth-order valence-electron chi connectivity index (χ4n) is 3.88. The van der Waals surface area contributed by atoms with Gasteiger partial charge in [0, 0.05) is 19.4 Å². The molecule has 148 valence electrons. The van der Waals surface area contributed by atoms with E-state index < -0.39 is 0 Å². The minimum atomic E-state index is -0.150. The third-order valence-electron chi connectivity index (χ3n) is 5.32. The summed E-state index contributed by atoms with van der Waals surface area (Å²) < 4.78 is 5.21. The molecule has 29 heavy (non-hydrogen) atoms. The maximum atomic E-state index is 13.1. The van der Waals surface area contributed by atoms with Crippen LogP contribution in [0.4, 0.5) is 0 Å². The van der Waals surface area contributed by atoms with Gasteiger partial charge in [0.1, 0.15) is 5.76 Å². The zero-order valence-electron chi connectivity index (χ0n) is 16.2. The molecule has 0 radical (unpaired) electrons. The van der Waals surface area contributed by atoms with E-state index in [0.717, 1.165) is 12.0 Å². The topological polar surface area (TPSA) is 62.6 Å². The fraction of sp³-hybridized carbons (Fsp3) is 0.250. The molecular formula is C24H24N2O3. The highest BCUT2D eigenvalue weighted by atomic mass is 16.3. The summed E-state index contributed by atoms with van der Waals surface area (Å²) in [5, 5.41) is 2.80. The van der Waals surface area contributed by atoms with Crippen LogP contribution in [0.3, 0.4) is 0 Å². The number of carbonyl (C=O) groups excluding carboxylic acids is 2. The van der Waals surface area contributed by atoms with Gasteiger partial charge in [0.15, 0.2) is 0 Å². The normalized spacial score (nSPS) is 15.6. The van der Waals surface area contributed by atoms with Crippen molar-refractivity contribution in [3.05, 3.63) is 95.4 Å². The molecule has 0 spiro atoms. The van der Waals surface area contributed by atoms with Gasteiger partial charge in [-0.1, -0.05) is 54.6 Å². The Kier molecular flexibility index (Phi) is 5.75.